The fourth-order valence-corrected chi connectivity index (χ4v) is 1.99. The van der Waals surface area contributed by atoms with Crippen LogP contribution < -0.4 is 0 Å². The molecule has 0 amide bonds. The van der Waals surface area contributed by atoms with Gasteiger partial charge in [-0.3, -0.25) is 4.79 Å². The molecule has 0 atom stereocenters. The van der Waals surface area contributed by atoms with Crippen LogP contribution in [0.5, 0.6) is 5.75 Å². The van der Waals surface area contributed by atoms with Crippen LogP contribution in [0.4, 0.5) is 0 Å². The molecule has 0 aliphatic carbocycles. The van der Waals surface area contributed by atoms with E-state index in [9.17, 15) is 9.90 Å². The van der Waals surface area contributed by atoms with Crippen molar-refractivity contribution in [2.45, 2.75) is 26.2 Å². The molecule has 0 bridgehead atoms. The summed E-state index contributed by atoms with van der Waals surface area (Å²) in [5.74, 6) is 0.0207. The number of aldehydes is 1. The van der Waals surface area contributed by atoms with Gasteiger partial charge in [-0.25, -0.2) is 0 Å². The van der Waals surface area contributed by atoms with Crippen LogP contribution >= 0.6 is 0 Å². The van der Waals surface area contributed by atoms with E-state index in [-0.39, 0.29) is 11.2 Å². The first-order valence-electron chi connectivity index (χ1n) is 6.31. The number of rotatable bonds is 2. The molecule has 0 saturated heterocycles. The highest BCUT2D eigenvalue weighted by atomic mass is 16.3. The number of phenolic OH excluding ortho intramolecular Hbond substituents is 1. The van der Waals surface area contributed by atoms with Gasteiger partial charge in [-0.1, -0.05) is 51.1 Å². The van der Waals surface area contributed by atoms with Crippen LogP contribution in [0.3, 0.4) is 0 Å². The molecule has 0 radical (unpaired) electrons. The predicted octanol–water partition coefficient (Wildman–Crippen LogP) is 4.17. The van der Waals surface area contributed by atoms with E-state index in [1.54, 1.807) is 12.1 Å². The second-order valence-electron chi connectivity index (χ2n) is 5.72. The van der Waals surface area contributed by atoms with E-state index in [2.05, 4.69) is 32.9 Å². The zero-order chi connectivity index (χ0) is 14.0. The van der Waals surface area contributed by atoms with Crippen LogP contribution in [-0.4, -0.2) is 11.4 Å². The molecule has 0 fully saturated rings. The number of hydrogen-bond donors (Lipinski definition) is 1. The predicted molar refractivity (Wildman–Crippen MR) is 77.6 cm³/mol. The minimum Gasteiger partial charge on any atom is -0.507 e. The van der Waals surface area contributed by atoms with Crippen LogP contribution in [0, 0.1) is 0 Å². The van der Waals surface area contributed by atoms with Crippen molar-refractivity contribution in [2.24, 2.45) is 0 Å². The second-order valence-corrected chi connectivity index (χ2v) is 5.72. The van der Waals surface area contributed by atoms with Crippen molar-refractivity contribution in [1.82, 2.24) is 0 Å². The average molecular weight is 254 g/mol. The van der Waals surface area contributed by atoms with E-state index < -0.39 is 0 Å². The summed E-state index contributed by atoms with van der Waals surface area (Å²) in [5.41, 5.74) is 3.64. The molecule has 0 saturated carbocycles. The number of carbonyl (C=O) groups is 1. The first-order valence-corrected chi connectivity index (χ1v) is 6.31. The Morgan fingerprint density at radius 1 is 0.947 bits per heavy atom. The van der Waals surface area contributed by atoms with E-state index in [1.807, 2.05) is 18.2 Å². The maximum absolute atomic E-state index is 10.7. The Labute approximate surface area is 113 Å². The quantitative estimate of drug-likeness (QED) is 0.817. The third kappa shape index (κ3) is 2.84. The van der Waals surface area contributed by atoms with Crippen LogP contribution in [0.1, 0.15) is 36.7 Å². The van der Waals surface area contributed by atoms with E-state index >= 15 is 0 Å². The lowest BCUT2D eigenvalue weighted by Gasteiger charge is -2.19. The van der Waals surface area contributed by atoms with Crippen molar-refractivity contribution in [1.29, 1.82) is 0 Å². The number of aromatic hydroxyl groups is 1. The van der Waals surface area contributed by atoms with Gasteiger partial charge in [-0.05, 0) is 34.2 Å². The molecule has 0 unspecified atom stereocenters. The molecule has 2 nitrogen and oxygen atoms in total. The van der Waals surface area contributed by atoms with Gasteiger partial charge >= 0.3 is 0 Å². The van der Waals surface area contributed by atoms with Gasteiger partial charge in [-0.15, -0.1) is 0 Å². The Bertz CT molecular complexity index is 590. The van der Waals surface area contributed by atoms with Crippen LogP contribution in [-0.2, 0) is 5.41 Å². The number of benzene rings is 2. The first kappa shape index (κ1) is 13.3. The summed E-state index contributed by atoms with van der Waals surface area (Å²) < 4.78 is 0. The van der Waals surface area contributed by atoms with Crippen molar-refractivity contribution < 1.29 is 9.90 Å². The Morgan fingerprint density at radius 2 is 1.53 bits per heavy atom. The summed E-state index contributed by atoms with van der Waals surface area (Å²) in [5, 5.41) is 9.71. The highest BCUT2D eigenvalue weighted by Crippen LogP contribution is 2.28. The molecule has 2 aromatic rings. The van der Waals surface area contributed by atoms with E-state index in [1.165, 1.54) is 5.56 Å². The third-order valence-electron chi connectivity index (χ3n) is 3.24. The lowest BCUT2D eigenvalue weighted by atomic mass is 9.86. The molecule has 0 aliphatic rings. The lowest BCUT2D eigenvalue weighted by molar-refractivity contribution is 0.112. The summed E-state index contributed by atoms with van der Waals surface area (Å²) in [7, 11) is 0. The minimum absolute atomic E-state index is 0.0207. The van der Waals surface area contributed by atoms with Gasteiger partial charge in [0.25, 0.3) is 0 Å². The van der Waals surface area contributed by atoms with Crippen molar-refractivity contribution in [3.63, 3.8) is 0 Å². The first-order chi connectivity index (χ1) is 8.91. The zero-order valence-electron chi connectivity index (χ0n) is 11.5. The minimum atomic E-state index is 0.0207. The van der Waals surface area contributed by atoms with Gasteiger partial charge in [0.15, 0.2) is 6.29 Å². The standard InChI is InChI=1S/C17H18O2/c1-17(2,3)15-8-6-12(7-9-15)13-4-5-14(11-18)16(19)10-13/h4-11,19H,1-3H3. The van der Waals surface area contributed by atoms with Gasteiger partial charge in [0, 0.05) is 0 Å². The maximum atomic E-state index is 10.7. The smallest absolute Gasteiger partial charge is 0.153 e. The van der Waals surface area contributed by atoms with Gasteiger partial charge in [0.05, 0.1) is 5.56 Å². The molecule has 2 aromatic carbocycles. The topological polar surface area (TPSA) is 37.3 Å². The maximum Gasteiger partial charge on any atom is 0.153 e. The number of phenols is 1. The third-order valence-corrected chi connectivity index (χ3v) is 3.24. The Balaban J connectivity index is 2.37. The molecule has 2 heteroatoms. The van der Waals surface area contributed by atoms with Crippen LogP contribution in [0.15, 0.2) is 42.5 Å². The zero-order valence-corrected chi connectivity index (χ0v) is 11.5. The molecule has 98 valence electrons. The summed E-state index contributed by atoms with van der Waals surface area (Å²) in [6, 6.07) is 13.4. The van der Waals surface area contributed by atoms with Crippen molar-refractivity contribution in [3.8, 4) is 16.9 Å². The van der Waals surface area contributed by atoms with Gasteiger partial charge in [-0.2, -0.15) is 0 Å². The average Bonchev–Trinajstić information content (AvgIpc) is 2.38. The molecule has 0 aliphatic heterocycles. The summed E-state index contributed by atoms with van der Waals surface area (Å²) in [6.07, 6.45) is 0.655. The molecule has 0 aromatic heterocycles. The number of carbonyl (C=O) groups excluding carboxylic acids is 1. The monoisotopic (exact) mass is 254 g/mol. The largest absolute Gasteiger partial charge is 0.507 e. The normalized spacial score (nSPS) is 11.3. The Kier molecular flexibility index (Phi) is 3.43. The van der Waals surface area contributed by atoms with Crippen LogP contribution in [0.25, 0.3) is 11.1 Å². The summed E-state index contributed by atoms with van der Waals surface area (Å²) in [4.78, 5) is 10.7. The van der Waals surface area contributed by atoms with E-state index in [0.29, 0.717) is 11.8 Å². The SMILES string of the molecule is CC(C)(C)c1ccc(-c2ccc(C=O)c(O)c2)cc1. The molecule has 0 heterocycles. The molecule has 0 spiro atoms. The molecule has 2 rings (SSSR count). The Morgan fingerprint density at radius 3 is 2.00 bits per heavy atom. The molecular formula is C17H18O2. The van der Waals surface area contributed by atoms with Gasteiger partial charge in [0.2, 0.25) is 0 Å². The highest BCUT2D eigenvalue weighted by Gasteiger charge is 2.13. The molecule has 1 N–H and O–H groups in total. The highest BCUT2D eigenvalue weighted by molar-refractivity contribution is 5.81. The number of hydrogen-bond acceptors (Lipinski definition) is 2. The fourth-order valence-electron chi connectivity index (χ4n) is 1.99. The summed E-state index contributed by atoms with van der Waals surface area (Å²) in [6.45, 7) is 6.52. The van der Waals surface area contributed by atoms with Crippen molar-refractivity contribution in [2.75, 3.05) is 0 Å². The molecular weight excluding hydrogens is 236 g/mol. The second kappa shape index (κ2) is 4.88. The van der Waals surface area contributed by atoms with Gasteiger partial charge in [0.1, 0.15) is 5.75 Å². The van der Waals surface area contributed by atoms with E-state index in [0.717, 1.165) is 11.1 Å². The van der Waals surface area contributed by atoms with E-state index in [4.69, 9.17) is 0 Å². The van der Waals surface area contributed by atoms with Gasteiger partial charge < -0.3 is 5.11 Å². The fraction of sp³-hybridized carbons (Fsp3) is 0.235. The Hall–Kier alpha value is -2.09. The van der Waals surface area contributed by atoms with Crippen molar-refractivity contribution in [3.05, 3.63) is 53.6 Å². The van der Waals surface area contributed by atoms with Crippen molar-refractivity contribution >= 4 is 6.29 Å². The molecule has 19 heavy (non-hydrogen) atoms. The van der Waals surface area contributed by atoms with Crippen LogP contribution in [0.2, 0.25) is 0 Å². The summed E-state index contributed by atoms with van der Waals surface area (Å²) >= 11 is 0. The lowest BCUT2D eigenvalue weighted by Crippen LogP contribution is -2.10.